The zero-order valence-electron chi connectivity index (χ0n) is 12.2. The number of imidazole rings is 1. The number of carbonyl (C=O) groups is 1. The van der Waals surface area contributed by atoms with Gasteiger partial charge in [0.1, 0.15) is 5.65 Å². The maximum absolute atomic E-state index is 13.3. The molecule has 1 unspecified atom stereocenters. The molecular weight excluding hydrogens is 323 g/mol. The van der Waals surface area contributed by atoms with Gasteiger partial charge in [0, 0.05) is 24.2 Å². The van der Waals surface area contributed by atoms with Crippen molar-refractivity contribution in [1.29, 1.82) is 0 Å². The number of rotatable bonds is 4. The zero-order chi connectivity index (χ0) is 17.3. The van der Waals surface area contributed by atoms with Gasteiger partial charge in [-0.05, 0) is 29.8 Å². The first-order chi connectivity index (χ1) is 11.5. The maximum atomic E-state index is 13.3. The van der Waals surface area contributed by atoms with Crippen LogP contribution in [-0.4, -0.2) is 27.0 Å². The van der Waals surface area contributed by atoms with E-state index >= 15 is 0 Å². The first-order valence-electron chi connectivity index (χ1n) is 6.98. The second-order valence-corrected chi connectivity index (χ2v) is 5.12. The lowest BCUT2D eigenvalue weighted by molar-refractivity contribution is 0.0916. The zero-order valence-corrected chi connectivity index (χ0v) is 12.2. The maximum Gasteiger partial charge on any atom is 0.252 e. The summed E-state index contributed by atoms with van der Waals surface area (Å²) in [7, 11) is 0. The molecule has 124 valence electrons. The summed E-state index contributed by atoms with van der Waals surface area (Å²) in [5, 5.41) is 11.8. The van der Waals surface area contributed by atoms with Crippen molar-refractivity contribution in [2.75, 3.05) is 6.61 Å². The molecule has 2 heterocycles. The van der Waals surface area contributed by atoms with E-state index in [9.17, 15) is 23.1 Å². The third-order valence-corrected chi connectivity index (χ3v) is 3.56. The Morgan fingerprint density at radius 2 is 1.92 bits per heavy atom. The van der Waals surface area contributed by atoms with Gasteiger partial charge in [0.15, 0.2) is 17.5 Å². The second kappa shape index (κ2) is 6.32. The van der Waals surface area contributed by atoms with Crippen LogP contribution in [0.5, 0.6) is 0 Å². The smallest absolute Gasteiger partial charge is 0.252 e. The lowest BCUT2D eigenvalue weighted by Gasteiger charge is -2.17. The third-order valence-electron chi connectivity index (χ3n) is 3.56. The standard InChI is InChI=1S/C16H12F3N3O2/c17-11-5-10(6-12(18)15(11)19)13(8-23)21-16(24)9-1-3-22-4-2-20-14(22)7-9/h1-7,13,23H,8H2,(H,21,24). The molecule has 0 radical (unpaired) electrons. The average Bonchev–Trinajstić information content (AvgIpc) is 3.04. The number of aromatic nitrogens is 2. The molecule has 0 saturated carbocycles. The first kappa shape index (κ1) is 16.0. The third kappa shape index (κ3) is 2.95. The van der Waals surface area contributed by atoms with Crippen LogP contribution >= 0.6 is 0 Å². The van der Waals surface area contributed by atoms with Crippen LogP contribution < -0.4 is 5.32 Å². The average molecular weight is 335 g/mol. The topological polar surface area (TPSA) is 66.6 Å². The predicted molar refractivity (Wildman–Crippen MR) is 78.8 cm³/mol. The number of pyridine rings is 1. The highest BCUT2D eigenvalue weighted by Gasteiger charge is 2.19. The Bertz CT molecular complexity index is 887. The second-order valence-electron chi connectivity index (χ2n) is 5.12. The van der Waals surface area contributed by atoms with Crippen molar-refractivity contribution < 1.29 is 23.1 Å². The van der Waals surface area contributed by atoms with E-state index in [0.29, 0.717) is 5.65 Å². The van der Waals surface area contributed by atoms with E-state index in [4.69, 9.17) is 0 Å². The molecule has 0 aliphatic heterocycles. The summed E-state index contributed by atoms with van der Waals surface area (Å²) in [6.45, 7) is -0.609. The van der Waals surface area contributed by atoms with Crippen LogP contribution in [-0.2, 0) is 0 Å². The van der Waals surface area contributed by atoms with Gasteiger partial charge in [0.25, 0.3) is 5.91 Å². The lowest BCUT2D eigenvalue weighted by atomic mass is 10.1. The van der Waals surface area contributed by atoms with Gasteiger partial charge in [-0.3, -0.25) is 4.79 Å². The van der Waals surface area contributed by atoms with Crippen molar-refractivity contribution in [3.63, 3.8) is 0 Å². The quantitative estimate of drug-likeness (QED) is 0.719. The minimum atomic E-state index is -1.61. The molecule has 5 nitrogen and oxygen atoms in total. The fourth-order valence-corrected chi connectivity index (χ4v) is 2.30. The van der Waals surface area contributed by atoms with Gasteiger partial charge in [0.05, 0.1) is 12.6 Å². The van der Waals surface area contributed by atoms with Crippen LogP contribution in [0, 0.1) is 17.5 Å². The molecular formula is C16H12F3N3O2. The van der Waals surface area contributed by atoms with E-state index in [1.54, 1.807) is 23.0 Å². The van der Waals surface area contributed by atoms with E-state index in [2.05, 4.69) is 10.3 Å². The molecule has 0 saturated heterocycles. The lowest BCUT2D eigenvalue weighted by Crippen LogP contribution is -2.31. The summed E-state index contributed by atoms with van der Waals surface area (Å²) in [6.07, 6.45) is 4.90. The minimum absolute atomic E-state index is 0.0795. The Labute approximate surface area is 134 Å². The number of hydrogen-bond donors (Lipinski definition) is 2. The number of hydrogen-bond acceptors (Lipinski definition) is 3. The SMILES string of the molecule is O=C(NC(CO)c1cc(F)c(F)c(F)c1)c1ccn2ccnc2c1. The predicted octanol–water partition coefficient (Wildman–Crippen LogP) is 2.21. The van der Waals surface area contributed by atoms with Crippen molar-refractivity contribution in [3.8, 4) is 0 Å². The highest BCUT2D eigenvalue weighted by atomic mass is 19.2. The van der Waals surface area contributed by atoms with Crippen molar-refractivity contribution in [3.05, 3.63) is 71.4 Å². The van der Waals surface area contributed by atoms with E-state index in [-0.39, 0.29) is 11.1 Å². The molecule has 0 aliphatic carbocycles. The van der Waals surface area contributed by atoms with Crippen molar-refractivity contribution in [1.82, 2.24) is 14.7 Å². The Morgan fingerprint density at radius 1 is 1.21 bits per heavy atom. The molecule has 1 amide bonds. The highest BCUT2D eigenvalue weighted by Crippen LogP contribution is 2.20. The molecule has 1 aromatic carbocycles. The number of aliphatic hydroxyl groups excluding tert-OH is 1. The first-order valence-corrected chi connectivity index (χ1v) is 6.98. The number of benzene rings is 1. The van der Waals surface area contributed by atoms with E-state index in [0.717, 1.165) is 12.1 Å². The number of amides is 1. The summed E-state index contributed by atoms with van der Waals surface area (Å²) in [6, 6.07) is 3.44. The van der Waals surface area contributed by atoms with Crippen LogP contribution in [0.2, 0.25) is 0 Å². The van der Waals surface area contributed by atoms with Crippen LogP contribution in [0.3, 0.4) is 0 Å². The van der Waals surface area contributed by atoms with Crippen LogP contribution in [0.4, 0.5) is 13.2 Å². The molecule has 3 rings (SSSR count). The fourth-order valence-electron chi connectivity index (χ4n) is 2.30. The highest BCUT2D eigenvalue weighted by molar-refractivity contribution is 5.95. The molecule has 1 atom stereocenters. The van der Waals surface area contributed by atoms with Gasteiger partial charge in [-0.15, -0.1) is 0 Å². The van der Waals surface area contributed by atoms with Crippen LogP contribution in [0.15, 0.2) is 42.9 Å². The molecule has 2 aromatic heterocycles. The molecule has 2 N–H and O–H groups in total. The van der Waals surface area contributed by atoms with E-state index in [1.807, 2.05) is 0 Å². The number of fused-ring (bicyclic) bond motifs is 1. The Morgan fingerprint density at radius 3 is 2.58 bits per heavy atom. The van der Waals surface area contributed by atoms with Gasteiger partial charge >= 0.3 is 0 Å². The molecule has 0 spiro atoms. The van der Waals surface area contributed by atoms with Gasteiger partial charge in [0.2, 0.25) is 0 Å². The Kier molecular flexibility index (Phi) is 4.22. The molecule has 24 heavy (non-hydrogen) atoms. The summed E-state index contributed by atoms with van der Waals surface area (Å²) in [4.78, 5) is 16.3. The van der Waals surface area contributed by atoms with E-state index in [1.165, 1.54) is 12.1 Å². The summed E-state index contributed by atoms with van der Waals surface area (Å²) < 4.78 is 41.3. The van der Waals surface area contributed by atoms with Crippen molar-refractivity contribution in [2.24, 2.45) is 0 Å². The number of halogens is 3. The van der Waals surface area contributed by atoms with Gasteiger partial charge in [-0.25, -0.2) is 18.2 Å². The van der Waals surface area contributed by atoms with Crippen molar-refractivity contribution in [2.45, 2.75) is 6.04 Å². The minimum Gasteiger partial charge on any atom is -0.394 e. The van der Waals surface area contributed by atoms with Crippen LogP contribution in [0.25, 0.3) is 5.65 Å². The van der Waals surface area contributed by atoms with Crippen LogP contribution in [0.1, 0.15) is 22.0 Å². The Hall–Kier alpha value is -2.87. The van der Waals surface area contributed by atoms with Gasteiger partial charge < -0.3 is 14.8 Å². The normalized spacial score (nSPS) is 12.3. The summed E-state index contributed by atoms with van der Waals surface area (Å²) >= 11 is 0. The molecule has 3 aromatic rings. The number of aliphatic hydroxyl groups is 1. The monoisotopic (exact) mass is 335 g/mol. The fraction of sp³-hybridized carbons (Fsp3) is 0.125. The number of nitrogens with one attached hydrogen (secondary N) is 1. The Balaban J connectivity index is 1.85. The number of carbonyl (C=O) groups excluding carboxylic acids is 1. The summed E-state index contributed by atoms with van der Waals surface area (Å²) in [5.41, 5.74) is 0.724. The summed E-state index contributed by atoms with van der Waals surface area (Å²) in [5.74, 6) is -4.95. The van der Waals surface area contributed by atoms with Crippen molar-refractivity contribution >= 4 is 11.6 Å². The van der Waals surface area contributed by atoms with E-state index < -0.39 is 36.0 Å². The largest absolute Gasteiger partial charge is 0.394 e. The van der Waals surface area contributed by atoms with Gasteiger partial charge in [-0.2, -0.15) is 0 Å². The van der Waals surface area contributed by atoms with Gasteiger partial charge in [-0.1, -0.05) is 0 Å². The molecule has 0 fully saturated rings. The molecule has 0 aliphatic rings. The number of nitrogens with zero attached hydrogens (tertiary/aromatic N) is 2. The molecule has 0 bridgehead atoms. The molecule has 8 heteroatoms.